The van der Waals surface area contributed by atoms with Crippen LogP contribution in [0.3, 0.4) is 0 Å². The number of carbonyl (C=O) groups is 1. The van der Waals surface area contributed by atoms with E-state index < -0.39 is 0 Å². The zero-order valence-electron chi connectivity index (χ0n) is 18.5. The summed E-state index contributed by atoms with van der Waals surface area (Å²) >= 11 is 11.5. The number of hydrogen-bond donors (Lipinski definition) is 3. The SMILES string of the molecule is Cc1cc2[nH]c(-c3cccc(NC(=S)NC(=O)COc4cccc(C)c4C)c3)nc2cc1Cl. The first-order valence-corrected chi connectivity index (χ1v) is 11.1. The molecule has 0 aliphatic rings. The second kappa shape index (κ2) is 9.60. The molecule has 1 heterocycles. The van der Waals surface area contributed by atoms with Gasteiger partial charge >= 0.3 is 0 Å². The Morgan fingerprint density at radius 1 is 1.09 bits per heavy atom. The van der Waals surface area contributed by atoms with Gasteiger partial charge in [-0.1, -0.05) is 35.9 Å². The molecular weight excluding hydrogens is 456 g/mol. The Labute approximate surface area is 202 Å². The molecule has 0 radical (unpaired) electrons. The summed E-state index contributed by atoms with van der Waals surface area (Å²) < 4.78 is 5.63. The van der Waals surface area contributed by atoms with E-state index in [1.54, 1.807) is 0 Å². The molecule has 1 amide bonds. The molecule has 0 atom stereocenters. The van der Waals surface area contributed by atoms with Crippen molar-refractivity contribution in [2.24, 2.45) is 0 Å². The molecule has 33 heavy (non-hydrogen) atoms. The maximum absolute atomic E-state index is 12.3. The minimum absolute atomic E-state index is 0.132. The van der Waals surface area contributed by atoms with Crippen molar-refractivity contribution in [3.63, 3.8) is 0 Å². The number of aromatic amines is 1. The van der Waals surface area contributed by atoms with Gasteiger partial charge in [0.2, 0.25) is 0 Å². The van der Waals surface area contributed by atoms with E-state index in [4.69, 9.17) is 28.6 Å². The summed E-state index contributed by atoms with van der Waals surface area (Å²) in [5.74, 6) is 1.06. The quantitative estimate of drug-likeness (QED) is 0.321. The molecule has 0 fully saturated rings. The topological polar surface area (TPSA) is 79.0 Å². The number of amides is 1. The molecule has 8 heteroatoms. The van der Waals surface area contributed by atoms with Crippen LogP contribution < -0.4 is 15.4 Å². The highest BCUT2D eigenvalue weighted by Crippen LogP contribution is 2.27. The van der Waals surface area contributed by atoms with Crippen LogP contribution in [0.25, 0.3) is 22.4 Å². The van der Waals surface area contributed by atoms with Gasteiger partial charge in [0.1, 0.15) is 11.6 Å². The van der Waals surface area contributed by atoms with Gasteiger partial charge in [-0.05, 0) is 80.0 Å². The van der Waals surface area contributed by atoms with Crippen LogP contribution in [0, 0.1) is 20.8 Å². The number of rotatable bonds is 5. The number of imidazole rings is 1. The van der Waals surface area contributed by atoms with E-state index in [1.165, 1.54) is 0 Å². The second-order valence-corrected chi connectivity index (χ2v) is 8.59. The number of aryl methyl sites for hydroxylation is 2. The van der Waals surface area contributed by atoms with Crippen molar-refractivity contribution >= 4 is 51.6 Å². The molecule has 168 valence electrons. The normalized spacial score (nSPS) is 10.8. The van der Waals surface area contributed by atoms with Gasteiger partial charge in [0.05, 0.1) is 11.0 Å². The van der Waals surface area contributed by atoms with Gasteiger partial charge in [-0.3, -0.25) is 10.1 Å². The van der Waals surface area contributed by atoms with Crippen molar-refractivity contribution in [2.45, 2.75) is 20.8 Å². The molecule has 0 spiro atoms. The van der Waals surface area contributed by atoms with Crippen molar-refractivity contribution in [3.8, 4) is 17.1 Å². The highest BCUT2D eigenvalue weighted by atomic mass is 35.5. The average molecular weight is 479 g/mol. The van der Waals surface area contributed by atoms with Crippen LogP contribution in [0.4, 0.5) is 5.69 Å². The third-order valence-corrected chi connectivity index (χ3v) is 5.93. The number of anilines is 1. The molecule has 4 rings (SSSR count). The zero-order chi connectivity index (χ0) is 23.5. The summed E-state index contributed by atoms with van der Waals surface area (Å²) in [5.41, 5.74) is 6.40. The molecular formula is C25H23ClN4O2S. The van der Waals surface area contributed by atoms with E-state index in [0.717, 1.165) is 39.0 Å². The zero-order valence-corrected chi connectivity index (χ0v) is 20.0. The van der Waals surface area contributed by atoms with Crippen LogP contribution in [-0.4, -0.2) is 27.6 Å². The minimum Gasteiger partial charge on any atom is -0.483 e. The van der Waals surface area contributed by atoms with Gasteiger partial charge in [-0.15, -0.1) is 0 Å². The number of benzene rings is 3. The number of thiocarbonyl (C=S) groups is 1. The van der Waals surface area contributed by atoms with Crippen LogP contribution in [0.15, 0.2) is 54.6 Å². The summed E-state index contributed by atoms with van der Waals surface area (Å²) in [7, 11) is 0. The maximum Gasteiger partial charge on any atom is 0.264 e. The van der Waals surface area contributed by atoms with E-state index in [-0.39, 0.29) is 17.6 Å². The van der Waals surface area contributed by atoms with Gasteiger partial charge in [0.25, 0.3) is 5.91 Å². The van der Waals surface area contributed by atoms with Gasteiger partial charge in [-0.2, -0.15) is 0 Å². The smallest absolute Gasteiger partial charge is 0.264 e. The van der Waals surface area contributed by atoms with E-state index in [0.29, 0.717) is 16.6 Å². The Morgan fingerprint density at radius 3 is 2.70 bits per heavy atom. The number of nitrogens with zero attached hydrogens (tertiary/aromatic N) is 1. The molecule has 0 bridgehead atoms. The second-order valence-electron chi connectivity index (χ2n) is 7.77. The number of fused-ring (bicyclic) bond motifs is 1. The number of halogens is 1. The van der Waals surface area contributed by atoms with E-state index in [1.807, 2.05) is 75.4 Å². The first-order chi connectivity index (χ1) is 15.8. The average Bonchev–Trinajstić information content (AvgIpc) is 3.18. The van der Waals surface area contributed by atoms with Crippen molar-refractivity contribution in [1.29, 1.82) is 0 Å². The first-order valence-electron chi connectivity index (χ1n) is 10.4. The predicted molar refractivity (Wildman–Crippen MR) is 137 cm³/mol. The fraction of sp³-hybridized carbons (Fsp3) is 0.160. The summed E-state index contributed by atoms with van der Waals surface area (Å²) in [6.45, 7) is 5.78. The van der Waals surface area contributed by atoms with Crippen molar-refractivity contribution < 1.29 is 9.53 Å². The molecule has 0 saturated carbocycles. The lowest BCUT2D eigenvalue weighted by Gasteiger charge is -2.12. The van der Waals surface area contributed by atoms with Crippen LogP contribution >= 0.6 is 23.8 Å². The van der Waals surface area contributed by atoms with Gasteiger partial charge in [-0.25, -0.2) is 4.98 Å². The van der Waals surface area contributed by atoms with Crippen LogP contribution in [-0.2, 0) is 4.79 Å². The number of ether oxygens (including phenoxy) is 1. The summed E-state index contributed by atoms with van der Waals surface area (Å²) in [5, 5.41) is 6.55. The Hall–Kier alpha value is -3.42. The molecule has 3 N–H and O–H groups in total. The maximum atomic E-state index is 12.3. The highest BCUT2D eigenvalue weighted by molar-refractivity contribution is 7.80. The van der Waals surface area contributed by atoms with Crippen LogP contribution in [0.2, 0.25) is 5.02 Å². The lowest BCUT2D eigenvalue weighted by atomic mass is 10.1. The van der Waals surface area contributed by atoms with E-state index in [2.05, 4.69) is 20.6 Å². The number of carbonyl (C=O) groups excluding carboxylic acids is 1. The van der Waals surface area contributed by atoms with Gasteiger partial charge in [0.15, 0.2) is 11.7 Å². The Kier molecular flexibility index (Phi) is 6.62. The Bertz CT molecular complexity index is 1330. The number of H-pyrrole nitrogens is 1. The number of aromatic nitrogens is 2. The van der Waals surface area contributed by atoms with Crippen molar-refractivity contribution in [1.82, 2.24) is 15.3 Å². The summed E-state index contributed by atoms with van der Waals surface area (Å²) in [4.78, 5) is 20.2. The summed E-state index contributed by atoms with van der Waals surface area (Å²) in [6, 6.07) is 17.1. The van der Waals surface area contributed by atoms with Crippen LogP contribution in [0.5, 0.6) is 5.75 Å². The largest absolute Gasteiger partial charge is 0.483 e. The lowest BCUT2D eigenvalue weighted by Crippen LogP contribution is -2.37. The molecule has 0 aliphatic heterocycles. The Balaban J connectivity index is 1.39. The predicted octanol–water partition coefficient (Wildman–Crippen LogP) is 5.70. The highest BCUT2D eigenvalue weighted by Gasteiger charge is 2.11. The number of nitrogens with one attached hydrogen (secondary N) is 3. The molecule has 0 aliphatic carbocycles. The standard InChI is InChI=1S/C25H23ClN4O2S/c1-14-6-4-9-22(16(14)3)32-13-23(31)30-25(33)27-18-8-5-7-17(11-18)24-28-20-10-15(2)19(26)12-21(20)29-24/h4-12H,13H2,1-3H3,(H,28,29)(H2,27,30,31,33). The third kappa shape index (κ3) is 5.32. The monoisotopic (exact) mass is 478 g/mol. The van der Waals surface area contributed by atoms with E-state index in [9.17, 15) is 4.79 Å². The summed E-state index contributed by atoms with van der Waals surface area (Å²) in [6.07, 6.45) is 0. The van der Waals surface area contributed by atoms with Gasteiger partial charge < -0.3 is 15.0 Å². The lowest BCUT2D eigenvalue weighted by molar-refractivity contribution is -0.121. The molecule has 0 saturated heterocycles. The molecule has 3 aromatic carbocycles. The van der Waals surface area contributed by atoms with E-state index >= 15 is 0 Å². The number of hydrogen-bond acceptors (Lipinski definition) is 4. The molecule has 1 aromatic heterocycles. The molecule has 0 unspecified atom stereocenters. The third-order valence-electron chi connectivity index (χ3n) is 5.32. The fourth-order valence-corrected chi connectivity index (χ4v) is 3.76. The van der Waals surface area contributed by atoms with Gasteiger partial charge in [0, 0.05) is 16.3 Å². The van der Waals surface area contributed by atoms with Crippen molar-refractivity contribution in [2.75, 3.05) is 11.9 Å². The van der Waals surface area contributed by atoms with Crippen molar-refractivity contribution in [3.05, 3.63) is 76.3 Å². The fourth-order valence-electron chi connectivity index (χ4n) is 3.37. The minimum atomic E-state index is -0.339. The first kappa shape index (κ1) is 22.8. The Morgan fingerprint density at radius 2 is 1.88 bits per heavy atom. The molecule has 4 aromatic rings. The molecule has 6 nitrogen and oxygen atoms in total. The van der Waals surface area contributed by atoms with Crippen LogP contribution in [0.1, 0.15) is 16.7 Å².